The van der Waals surface area contributed by atoms with Crippen LogP contribution in [0.4, 0.5) is 5.69 Å². The lowest BCUT2D eigenvalue weighted by molar-refractivity contribution is -0.137. The second-order valence-electron chi connectivity index (χ2n) is 6.04. The monoisotopic (exact) mass is 294 g/mol. The number of amides is 1. The molecule has 0 spiro atoms. The Labute approximate surface area is 123 Å². The van der Waals surface area contributed by atoms with Gasteiger partial charge in [0.15, 0.2) is 0 Å². The number of carboxylic acids is 1. The van der Waals surface area contributed by atoms with Gasteiger partial charge < -0.3 is 15.7 Å². The quantitative estimate of drug-likeness (QED) is 0.751. The van der Waals surface area contributed by atoms with Gasteiger partial charge in [0.05, 0.1) is 11.9 Å². The van der Waals surface area contributed by atoms with E-state index in [0.717, 1.165) is 25.9 Å². The third-order valence-electron chi connectivity index (χ3n) is 4.09. The molecule has 0 saturated carbocycles. The van der Waals surface area contributed by atoms with Crippen molar-refractivity contribution in [1.29, 1.82) is 0 Å². The normalized spacial score (nSPS) is 19.2. The topological polar surface area (TPSA) is 96.2 Å². The molecule has 1 amide bonds. The number of rotatable bonds is 5. The number of anilines is 1. The highest BCUT2D eigenvalue weighted by Crippen LogP contribution is 2.32. The SMILES string of the molecule is CC(C)(C(=O)Nc1cnn(CC(=O)O)c1)C1CCCNC1. The van der Waals surface area contributed by atoms with E-state index in [-0.39, 0.29) is 12.5 Å². The molecule has 2 rings (SSSR count). The van der Waals surface area contributed by atoms with Crippen LogP contribution in [-0.4, -0.2) is 39.9 Å². The summed E-state index contributed by atoms with van der Waals surface area (Å²) < 4.78 is 1.28. The maximum Gasteiger partial charge on any atom is 0.325 e. The largest absolute Gasteiger partial charge is 0.480 e. The Bertz CT molecular complexity index is 518. The first kappa shape index (κ1) is 15.5. The van der Waals surface area contributed by atoms with E-state index in [1.165, 1.54) is 17.1 Å². The minimum atomic E-state index is -0.968. The van der Waals surface area contributed by atoms with Crippen molar-refractivity contribution >= 4 is 17.6 Å². The molecule has 0 radical (unpaired) electrons. The molecule has 1 aliphatic heterocycles. The molecular formula is C14H22N4O3. The maximum atomic E-state index is 12.5. The predicted molar refractivity (Wildman–Crippen MR) is 77.9 cm³/mol. The summed E-state index contributed by atoms with van der Waals surface area (Å²) >= 11 is 0. The molecule has 0 aromatic carbocycles. The van der Waals surface area contributed by atoms with E-state index in [9.17, 15) is 9.59 Å². The van der Waals surface area contributed by atoms with E-state index in [2.05, 4.69) is 15.7 Å². The summed E-state index contributed by atoms with van der Waals surface area (Å²) in [6.07, 6.45) is 5.11. The molecule has 0 aliphatic carbocycles. The molecule has 116 valence electrons. The number of carbonyl (C=O) groups is 2. The molecule has 1 atom stereocenters. The molecular weight excluding hydrogens is 272 g/mol. The molecule has 7 heteroatoms. The fourth-order valence-corrected chi connectivity index (χ4v) is 2.60. The summed E-state index contributed by atoms with van der Waals surface area (Å²) in [7, 11) is 0. The zero-order chi connectivity index (χ0) is 15.5. The summed E-state index contributed by atoms with van der Waals surface area (Å²) in [5, 5.41) is 18.8. The van der Waals surface area contributed by atoms with Gasteiger partial charge in [0.2, 0.25) is 5.91 Å². The van der Waals surface area contributed by atoms with Gasteiger partial charge in [-0.05, 0) is 31.8 Å². The van der Waals surface area contributed by atoms with Crippen LogP contribution in [-0.2, 0) is 16.1 Å². The fourth-order valence-electron chi connectivity index (χ4n) is 2.60. The summed E-state index contributed by atoms with van der Waals surface area (Å²) in [5.41, 5.74) is 0.0422. The number of carbonyl (C=O) groups excluding carboxylic acids is 1. The van der Waals surface area contributed by atoms with Crippen LogP contribution >= 0.6 is 0 Å². The van der Waals surface area contributed by atoms with Crippen LogP contribution in [0.15, 0.2) is 12.4 Å². The summed E-state index contributed by atoms with van der Waals surface area (Å²) in [6.45, 7) is 5.53. The third-order valence-corrected chi connectivity index (χ3v) is 4.09. The van der Waals surface area contributed by atoms with Gasteiger partial charge in [-0.3, -0.25) is 14.3 Å². The highest BCUT2D eigenvalue weighted by Gasteiger charge is 2.37. The molecule has 0 bridgehead atoms. The number of hydrogen-bond acceptors (Lipinski definition) is 4. The van der Waals surface area contributed by atoms with Crippen molar-refractivity contribution in [3.8, 4) is 0 Å². The van der Waals surface area contributed by atoms with E-state index < -0.39 is 11.4 Å². The van der Waals surface area contributed by atoms with E-state index in [0.29, 0.717) is 11.6 Å². The van der Waals surface area contributed by atoms with Crippen molar-refractivity contribution < 1.29 is 14.7 Å². The van der Waals surface area contributed by atoms with Crippen molar-refractivity contribution in [2.45, 2.75) is 33.2 Å². The minimum Gasteiger partial charge on any atom is -0.480 e. The average Bonchev–Trinajstić information content (AvgIpc) is 2.86. The van der Waals surface area contributed by atoms with E-state index in [4.69, 9.17) is 5.11 Å². The molecule has 2 heterocycles. The molecule has 1 aromatic rings. The first-order valence-electron chi connectivity index (χ1n) is 7.16. The van der Waals surface area contributed by atoms with Crippen LogP contribution in [0.2, 0.25) is 0 Å². The van der Waals surface area contributed by atoms with Gasteiger partial charge in [-0.1, -0.05) is 13.8 Å². The van der Waals surface area contributed by atoms with Crippen molar-refractivity contribution in [1.82, 2.24) is 15.1 Å². The summed E-state index contributed by atoms with van der Waals surface area (Å²) in [6, 6.07) is 0. The van der Waals surface area contributed by atoms with Crippen molar-refractivity contribution in [3.05, 3.63) is 12.4 Å². The molecule has 3 N–H and O–H groups in total. The Morgan fingerprint density at radius 3 is 2.95 bits per heavy atom. The van der Waals surface area contributed by atoms with Crippen LogP contribution < -0.4 is 10.6 Å². The second kappa shape index (κ2) is 6.26. The lowest BCUT2D eigenvalue weighted by Crippen LogP contribution is -2.44. The lowest BCUT2D eigenvalue weighted by Gasteiger charge is -2.35. The third kappa shape index (κ3) is 3.81. The first-order chi connectivity index (χ1) is 9.89. The molecule has 1 fully saturated rings. The molecule has 7 nitrogen and oxygen atoms in total. The minimum absolute atomic E-state index is 0.0638. The predicted octanol–water partition coefficient (Wildman–Crippen LogP) is 0.932. The number of piperidine rings is 1. The zero-order valence-electron chi connectivity index (χ0n) is 12.4. The smallest absolute Gasteiger partial charge is 0.325 e. The molecule has 1 saturated heterocycles. The number of hydrogen-bond donors (Lipinski definition) is 3. The number of aliphatic carboxylic acids is 1. The Kier molecular flexibility index (Phi) is 4.62. The Morgan fingerprint density at radius 1 is 1.57 bits per heavy atom. The van der Waals surface area contributed by atoms with Gasteiger partial charge in [-0.25, -0.2) is 0 Å². The molecule has 1 aliphatic rings. The van der Waals surface area contributed by atoms with Crippen molar-refractivity contribution in [2.75, 3.05) is 18.4 Å². The highest BCUT2D eigenvalue weighted by molar-refractivity contribution is 5.94. The van der Waals surface area contributed by atoms with E-state index in [1.807, 2.05) is 13.8 Å². The van der Waals surface area contributed by atoms with Crippen LogP contribution in [0, 0.1) is 11.3 Å². The van der Waals surface area contributed by atoms with Gasteiger partial charge in [0.1, 0.15) is 6.54 Å². The first-order valence-corrected chi connectivity index (χ1v) is 7.16. The van der Waals surface area contributed by atoms with Crippen LogP contribution in [0.5, 0.6) is 0 Å². The Balaban J connectivity index is 1.99. The Hall–Kier alpha value is -1.89. The Morgan fingerprint density at radius 2 is 2.33 bits per heavy atom. The van der Waals surface area contributed by atoms with Crippen LogP contribution in [0.25, 0.3) is 0 Å². The molecule has 1 unspecified atom stereocenters. The number of nitrogens with zero attached hydrogens (tertiary/aromatic N) is 2. The van der Waals surface area contributed by atoms with Gasteiger partial charge in [-0.2, -0.15) is 5.10 Å². The number of aromatic nitrogens is 2. The summed E-state index contributed by atoms with van der Waals surface area (Å²) in [4.78, 5) is 23.1. The highest BCUT2D eigenvalue weighted by atomic mass is 16.4. The molecule has 1 aromatic heterocycles. The summed E-state index contributed by atoms with van der Waals surface area (Å²) in [5.74, 6) is -0.740. The fraction of sp³-hybridized carbons (Fsp3) is 0.643. The second-order valence-corrected chi connectivity index (χ2v) is 6.04. The standard InChI is InChI=1S/C14H22N4O3/c1-14(2,10-4-3-5-15-6-10)13(21)17-11-7-16-18(8-11)9-12(19)20/h7-8,10,15H,3-6,9H2,1-2H3,(H,17,21)(H,19,20). The van der Waals surface area contributed by atoms with Crippen LogP contribution in [0.1, 0.15) is 26.7 Å². The van der Waals surface area contributed by atoms with Gasteiger partial charge >= 0.3 is 5.97 Å². The number of carboxylic acid groups (broad SMARTS) is 1. The zero-order valence-corrected chi connectivity index (χ0v) is 12.4. The lowest BCUT2D eigenvalue weighted by atomic mass is 9.74. The van der Waals surface area contributed by atoms with Gasteiger partial charge in [0, 0.05) is 11.6 Å². The molecule has 21 heavy (non-hydrogen) atoms. The maximum absolute atomic E-state index is 12.5. The van der Waals surface area contributed by atoms with E-state index in [1.54, 1.807) is 0 Å². The van der Waals surface area contributed by atoms with Gasteiger partial charge in [-0.15, -0.1) is 0 Å². The van der Waals surface area contributed by atoms with Crippen LogP contribution in [0.3, 0.4) is 0 Å². The van der Waals surface area contributed by atoms with Crippen molar-refractivity contribution in [3.63, 3.8) is 0 Å². The number of nitrogens with one attached hydrogen (secondary N) is 2. The van der Waals surface area contributed by atoms with Gasteiger partial charge in [0.25, 0.3) is 0 Å². The van der Waals surface area contributed by atoms with Crippen molar-refractivity contribution in [2.24, 2.45) is 11.3 Å². The van der Waals surface area contributed by atoms with E-state index >= 15 is 0 Å². The average molecular weight is 294 g/mol.